The maximum absolute atomic E-state index is 5.97. The van der Waals surface area contributed by atoms with Crippen LogP contribution in [0.5, 0.6) is 5.75 Å². The molecule has 0 radical (unpaired) electrons. The van der Waals surface area contributed by atoms with Crippen LogP contribution >= 0.6 is 28.3 Å². The van der Waals surface area contributed by atoms with E-state index in [1.54, 1.807) is 7.11 Å². The number of nitrogens with two attached hydrogens (primary N) is 1. The molecule has 0 saturated carbocycles. The van der Waals surface area contributed by atoms with Crippen molar-refractivity contribution in [3.8, 4) is 5.75 Å². The molecule has 0 bridgehead atoms. The third kappa shape index (κ3) is 3.86. The fourth-order valence-electron chi connectivity index (χ4n) is 1.30. The van der Waals surface area contributed by atoms with E-state index < -0.39 is 0 Å². The molecular formula is C11H15BrClNO. The van der Waals surface area contributed by atoms with E-state index in [1.165, 1.54) is 0 Å². The van der Waals surface area contributed by atoms with Gasteiger partial charge in [-0.05, 0) is 18.6 Å². The normalized spacial score (nSPS) is 11.4. The smallest absolute Gasteiger partial charge is 0.124 e. The van der Waals surface area contributed by atoms with Gasteiger partial charge < -0.3 is 10.5 Å². The zero-order valence-corrected chi connectivity index (χ0v) is 11.0. The van der Waals surface area contributed by atoms with Gasteiger partial charge in [0.15, 0.2) is 0 Å². The van der Waals surface area contributed by atoms with Crippen LogP contribution in [0.1, 0.15) is 18.0 Å². The molecule has 84 valence electrons. The number of ether oxygens (including phenoxy) is 1. The van der Waals surface area contributed by atoms with Crippen molar-refractivity contribution in [3.05, 3.63) is 40.9 Å². The van der Waals surface area contributed by atoms with Crippen LogP contribution in [0.15, 0.2) is 35.3 Å². The molecule has 4 heteroatoms. The number of hydrogen-bond donors (Lipinski definition) is 1. The minimum absolute atomic E-state index is 0. The molecule has 0 fully saturated rings. The molecule has 1 aromatic carbocycles. The molecule has 0 unspecified atom stereocenters. The average molecular weight is 293 g/mol. The van der Waals surface area contributed by atoms with Crippen LogP contribution in [0.25, 0.3) is 0 Å². The van der Waals surface area contributed by atoms with Crippen molar-refractivity contribution in [2.75, 3.05) is 7.11 Å². The van der Waals surface area contributed by atoms with Gasteiger partial charge in [-0.15, -0.1) is 19.0 Å². The van der Waals surface area contributed by atoms with Gasteiger partial charge in [0.2, 0.25) is 0 Å². The van der Waals surface area contributed by atoms with E-state index in [-0.39, 0.29) is 18.4 Å². The highest BCUT2D eigenvalue weighted by Gasteiger charge is 2.10. The molecule has 2 N–H and O–H groups in total. The van der Waals surface area contributed by atoms with E-state index >= 15 is 0 Å². The van der Waals surface area contributed by atoms with E-state index in [0.29, 0.717) is 0 Å². The lowest BCUT2D eigenvalue weighted by molar-refractivity contribution is 0.405. The molecule has 0 spiro atoms. The second-order valence-corrected chi connectivity index (χ2v) is 3.93. The van der Waals surface area contributed by atoms with E-state index in [9.17, 15) is 0 Å². The summed E-state index contributed by atoms with van der Waals surface area (Å²) in [7, 11) is 1.64. The van der Waals surface area contributed by atoms with Gasteiger partial charge >= 0.3 is 0 Å². The predicted octanol–water partition coefficient (Wildman–Crippen LogP) is 3.46. The molecule has 1 aromatic rings. The maximum Gasteiger partial charge on any atom is 0.124 e. The van der Waals surface area contributed by atoms with Gasteiger partial charge in [0.05, 0.1) is 7.11 Å². The summed E-state index contributed by atoms with van der Waals surface area (Å²) in [5.74, 6) is 0.814. The second-order valence-electron chi connectivity index (χ2n) is 3.02. The van der Waals surface area contributed by atoms with Crippen LogP contribution in [-0.2, 0) is 0 Å². The molecule has 0 saturated heterocycles. The summed E-state index contributed by atoms with van der Waals surface area (Å²) >= 11 is 3.38. The molecule has 0 aromatic heterocycles. The first-order valence-corrected chi connectivity index (χ1v) is 5.18. The standard InChI is InChI=1S/C11H14BrNO.ClH/c1-3-4-10(13)9-6-5-8(12)7-11(9)14-2;/h3,5-7,10H,1,4,13H2,2H3;1H/t10-;/m1./s1. The first kappa shape index (κ1) is 14.5. The highest BCUT2D eigenvalue weighted by molar-refractivity contribution is 9.10. The van der Waals surface area contributed by atoms with Crippen LogP contribution in [0, 0.1) is 0 Å². The summed E-state index contributed by atoms with van der Waals surface area (Å²) in [5, 5.41) is 0. The monoisotopic (exact) mass is 291 g/mol. The fourth-order valence-corrected chi connectivity index (χ4v) is 1.64. The van der Waals surface area contributed by atoms with Gasteiger partial charge in [0.1, 0.15) is 5.75 Å². The third-order valence-corrected chi connectivity index (χ3v) is 2.51. The zero-order valence-electron chi connectivity index (χ0n) is 8.57. The van der Waals surface area contributed by atoms with Crippen molar-refractivity contribution in [1.82, 2.24) is 0 Å². The van der Waals surface area contributed by atoms with Crippen molar-refractivity contribution >= 4 is 28.3 Å². The summed E-state index contributed by atoms with van der Waals surface area (Å²) in [6.07, 6.45) is 2.56. The summed E-state index contributed by atoms with van der Waals surface area (Å²) in [6.45, 7) is 3.67. The van der Waals surface area contributed by atoms with Crippen LogP contribution < -0.4 is 10.5 Å². The van der Waals surface area contributed by atoms with E-state index in [4.69, 9.17) is 10.5 Å². The number of hydrogen-bond acceptors (Lipinski definition) is 2. The molecule has 1 atom stereocenters. The lowest BCUT2D eigenvalue weighted by atomic mass is 10.0. The van der Waals surface area contributed by atoms with Gasteiger partial charge in [-0.2, -0.15) is 0 Å². The molecule has 15 heavy (non-hydrogen) atoms. The van der Waals surface area contributed by atoms with Crippen molar-refractivity contribution in [2.24, 2.45) is 5.73 Å². The van der Waals surface area contributed by atoms with E-state index in [2.05, 4.69) is 22.5 Å². The second kappa shape index (κ2) is 6.88. The first-order chi connectivity index (χ1) is 6.69. The highest BCUT2D eigenvalue weighted by atomic mass is 79.9. The molecule has 0 amide bonds. The van der Waals surface area contributed by atoms with Crippen molar-refractivity contribution in [1.29, 1.82) is 0 Å². The molecule has 0 heterocycles. The van der Waals surface area contributed by atoms with Gasteiger partial charge in [-0.25, -0.2) is 0 Å². The lowest BCUT2D eigenvalue weighted by Gasteiger charge is -2.14. The van der Waals surface area contributed by atoms with Crippen LogP contribution in [-0.4, -0.2) is 7.11 Å². The number of rotatable bonds is 4. The topological polar surface area (TPSA) is 35.2 Å². The molecule has 0 aliphatic heterocycles. The van der Waals surface area contributed by atoms with E-state index in [0.717, 1.165) is 22.2 Å². The minimum Gasteiger partial charge on any atom is -0.496 e. The Labute approximate surface area is 105 Å². The summed E-state index contributed by atoms with van der Waals surface area (Å²) in [4.78, 5) is 0. The Morgan fingerprint density at radius 1 is 1.60 bits per heavy atom. The summed E-state index contributed by atoms with van der Waals surface area (Å²) < 4.78 is 6.24. The van der Waals surface area contributed by atoms with Crippen LogP contribution in [0.4, 0.5) is 0 Å². The first-order valence-electron chi connectivity index (χ1n) is 4.39. The molecular weight excluding hydrogens is 277 g/mol. The highest BCUT2D eigenvalue weighted by Crippen LogP contribution is 2.28. The predicted molar refractivity (Wildman–Crippen MR) is 69.7 cm³/mol. The van der Waals surface area contributed by atoms with Crippen LogP contribution in [0.2, 0.25) is 0 Å². The summed E-state index contributed by atoms with van der Waals surface area (Å²) in [6, 6.07) is 5.80. The molecule has 0 aliphatic carbocycles. The Kier molecular flexibility index (Phi) is 6.65. The fraction of sp³-hybridized carbons (Fsp3) is 0.273. The van der Waals surface area contributed by atoms with Crippen molar-refractivity contribution in [3.63, 3.8) is 0 Å². The SMILES string of the molecule is C=CC[C@@H](N)c1ccc(Br)cc1OC.Cl. The average Bonchev–Trinajstić information content (AvgIpc) is 2.17. The van der Waals surface area contributed by atoms with Gasteiger partial charge in [0.25, 0.3) is 0 Å². The van der Waals surface area contributed by atoms with Crippen molar-refractivity contribution in [2.45, 2.75) is 12.5 Å². The summed E-state index contributed by atoms with van der Waals surface area (Å²) in [5.41, 5.74) is 6.98. The van der Waals surface area contributed by atoms with E-state index in [1.807, 2.05) is 24.3 Å². The van der Waals surface area contributed by atoms with Crippen molar-refractivity contribution < 1.29 is 4.74 Å². The van der Waals surface area contributed by atoms with Gasteiger partial charge in [-0.1, -0.05) is 28.1 Å². The zero-order chi connectivity index (χ0) is 10.6. The third-order valence-electron chi connectivity index (χ3n) is 2.02. The Morgan fingerprint density at radius 2 is 2.27 bits per heavy atom. The Hall–Kier alpha value is -0.510. The Bertz CT molecular complexity index is 330. The molecule has 2 nitrogen and oxygen atoms in total. The number of methoxy groups -OCH3 is 1. The lowest BCUT2D eigenvalue weighted by Crippen LogP contribution is -2.10. The molecule has 0 aliphatic rings. The number of halogens is 2. The largest absolute Gasteiger partial charge is 0.496 e. The number of benzene rings is 1. The quantitative estimate of drug-likeness (QED) is 0.863. The maximum atomic E-state index is 5.97. The Balaban J connectivity index is 0.00000196. The Morgan fingerprint density at radius 3 is 2.80 bits per heavy atom. The van der Waals surface area contributed by atoms with Gasteiger partial charge in [-0.3, -0.25) is 0 Å². The molecule has 1 rings (SSSR count). The minimum atomic E-state index is -0.0458. The van der Waals surface area contributed by atoms with Gasteiger partial charge in [0, 0.05) is 16.1 Å². The van der Waals surface area contributed by atoms with Crippen LogP contribution in [0.3, 0.4) is 0 Å².